The number of hydrogen-bond donors (Lipinski definition) is 1. The number of hydrogen-bond acceptors (Lipinski definition) is 5. The van der Waals surface area contributed by atoms with Gasteiger partial charge in [0.05, 0.1) is 4.92 Å². The van der Waals surface area contributed by atoms with Crippen molar-refractivity contribution >= 4 is 11.6 Å². The van der Waals surface area contributed by atoms with Crippen LogP contribution in [0.5, 0.6) is 0 Å². The second kappa shape index (κ2) is 5.01. The molecule has 2 N–H and O–H groups in total. The number of rotatable bonds is 3. The highest BCUT2D eigenvalue weighted by Gasteiger charge is 2.22. The van der Waals surface area contributed by atoms with Gasteiger partial charge in [-0.2, -0.15) is 0 Å². The monoisotopic (exact) mass is 289 g/mol. The fourth-order valence-electron chi connectivity index (χ4n) is 1.82. The van der Waals surface area contributed by atoms with Crippen LogP contribution in [0.3, 0.4) is 0 Å². The molecular formula is C14H15N3O4. The van der Waals surface area contributed by atoms with Crippen molar-refractivity contribution in [1.29, 1.82) is 0 Å². The molecule has 0 aliphatic carbocycles. The molecule has 0 fully saturated rings. The van der Waals surface area contributed by atoms with Crippen molar-refractivity contribution in [2.45, 2.75) is 26.2 Å². The van der Waals surface area contributed by atoms with Crippen molar-refractivity contribution in [2.24, 2.45) is 5.73 Å². The highest BCUT2D eigenvalue weighted by Crippen LogP contribution is 2.29. The zero-order chi connectivity index (χ0) is 15.8. The Morgan fingerprint density at radius 2 is 2.00 bits per heavy atom. The number of carbonyl (C=O) groups excluding carboxylic acids is 1. The molecule has 0 saturated heterocycles. The van der Waals surface area contributed by atoms with E-state index in [-0.39, 0.29) is 16.7 Å². The zero-order valence-corrected chi connectivity index (χ0v) is 11.9. The lowest BCUT2D eigenvalue weighted by Crippen LogP contribution is -2.13. The van der Waals surface area contributed by atoms with Crippen molar-refractivity contribution in [3.63, 3.8) is 0 Å². The summed E-state index contributed by atoms with van der Waals surface area (Å²) in [6.45, 7) is 5.92. The Hall–Kier alpha value is -2.70. The first-order valence-corrected chi connectivity index (χ1v) is 6.26. The summed E-state index contributed by atoms with van der Waals surface area (Å²) in [6, 6.07) is 5.84. The van der Waals surface area contributed by atoms with Crippen molar-refractivity contribution in [3.05, 3.63) is 45.7 Å². The zero-order valence-electron chi connectivity index (χ0n) is 11.9. The average molecular weight is 289 g/mol. The smallest absolute Gasteiger partial charge is 0.282 e. The Kier molecular flexibility index (Phi) is 3.51. The van der Waals surface area contributed by atoms with Gasteiger partial charge in [-0.3, -0.25) is 14.9 Å². The van der Waals surface area contributed by atoms with Gasteiger partial charge in [0.1, 0.15) is 17.0 Å². The Balaban J connectivity index is 2.51. The molecule has 0 unspecified atom stereocenters. The Morgan fingerprint density at radius 1 is 1.33 bits per heavy atom. The van der Waals surface area contributed by atoms with E-state index in [0.717, 1.165) is 0 Å². The quantitative estimate of drug-likeness (QED) is 0.689. The molecule has 2 rings (SSSR count). The third kappa shape index (κ3) is 2.91. The van der Waals surface area contributed by atoms with Crippen LogP contribution in [0.15, 0.2) is 28.8 Å². The number of carbonyl (C=O) groups is 1. The van der Waals surface area contributed by atoms with Crippen molar-refractivity contribution in [2.75, 3.05) is 0 Å². The van der Waals surface area contributed by atoms with Crippen LogP contribution in [0.1, 0.15) is 36.9 Å². The number of benzene rings is 1. The van der Waals surface area contributed by atoms with Gasteiger partial charge in [-0.1, -0.05) is 25.9 Å². The number of nitro groups is 1. The van der Waals surface area contributed by atoms with Crippen molar-refractivity contribution in [1.82, 2.24) is 5.16 Å². The summed E-state index contributed by atoms with van der Waals surface area (Å²) >= 11 is 0. The SMILES string of the molecule is CC(C)(C)c1cc(-c2ccc([N+](=O)[O-])c(C(N)=O)c2)no1. The molecule has 2 aromatic rings. The van der Waals surface area contributed by atoms with E-state index in [1.807, 2.05) is 20.8 Å². The normalized spacial score (nSPS) is 11.4. The van der Waals surface area contributed by atoms with Gasteiger partial charge in [-0.05, 0) is 12.1 Å². The Morgan fingerprint density at radius 3 is 2.48 bits per heavy atom. The second-order valence-electron chi connectivity index (χ2n) is 5.68. The minimum absolute atomic E-state index is 0.155. The van der Waals surface area contributed by atoms with Gasteiger partial charge in [0, 0.05) is 23.1 Å². The maximum atomic E-state index is 11.3. The molecular weight excluding hydrogens is 274 g/mol. The van der Waals surface area contributed by atoms with Crippen LogP contribution in [0.4, 0.5) is 5.69 Å². The topological polar surface area (TPSA) is 112 Å². The molecule has 0 bridgehead atoms. The van der Waals surface area contributed by atoms with Crippen molar-refractivity contribution < 1.29 is 14.2 Å². The van der Waals surface area contributed by atoms with Crippen LogP contribution in [-0.4, -0.2) is 16.0 Å². The molecule has 0 atom stereocenters. The lowest BCUT2D eigenvalue weighted by Gasteiger charge is -2.12. The Labute approximate surface area is 120 Å². The first-order chi connectivity index (χ1) is 9.70. The number of amides is 1. The first kappa shape index (κ1) is 14.7. The second-order valence-corrected chi connectivity index (χ2v) is 5.68. The fourth-order valence-corrected chi connectivity index (χ4v) is 1.82. The maximum absolute atomic E-state index is 11.3. The highest BCUT2D eigenvalue weighted by atomic mass is 16.6. The molecule has 0 radical (unpaired) electrons. The molecule has 1 aromatic carbocycles. The van der Waals surface area contributed by atoms with Gasteiger partial charge in [0.25, 0.3) is 11.6 Å². The number of nitrogens with zero attached hydrogens (tertiary/aromatic N) is 2. The van der Waals surface area contributed by atoms with Crippen LogP contribution in [-0.2, 0) is 5.41 Å². The number of aromatic nitrogens is 1. The molecule has 0 saturated carbocycles. The van der Waals surface area contributed by atoms with Crippen LogP contribution in [0.2, 0.25) is 0 Å². The van der Waals surface area contributed by atoms with Gasteiger partial charge in [0.2, 0.25) is 0 Å². The number of primary amides is 1. The van der Waals surface area contributed by atoms with E-state index < -0.39 is 10.8 Å². The summed E-state index contributed by atoms with van der Waals surface area (Å²) in [5, 5.41) is 14.8. The van der Waals surface area contributed by atoms with E-state index in [1.54, 1.807) is 6.07 Å². The highest BCUT2D eigenvalue weighted by molar-refractivity contribution is 5.98. The maximum Gasteiger partial charge on any atom is 0.282 e. The third-order valence-electron chi connectivity index (χ3n) is 3.00. The molecule has 0 aliphatic rings. The van der Waals surface area contributed by atoms with E-state index in [2.05, 4.69) is 5.16 Å². The molecule has 21 heavy (non-hydrogen) atoms. The molecule has 7 nitrogen and oxygen atoms in total. The number of nitro benzene ring substituents is 1. The largest absolute Gasteiger partial charge is 0.365 e. The summed E-state index contributed by atoms with van der Waals surface area (Å²) in [5.41, 5.74) is 5.53. The van der Waals surface area contributed by atoms with E-state index in [9.17, 15) is 14.9 Å². The van der Waals surface area contributed by atoms with Crippen LogP contribution < -0.4 is 5.73 Å². The summed E-state index contributed by atoms with van der Waals surface area (Å²) in [7, 11) is 0. The molecule has 0 aliphatic heterocycles. The molecule has 110 valence electrons. The Bertz CT molecular complexity index is 713. The third-order valence-corrected chi connectivity index (χ3v) is 3.00. The van der Waals surface area contributed by atoms with Crippen molar-refractivity contribution in [3.8, 4) is 11.3 Å². The minimum Gasteiger partial charge on any atom is -0.365 e. The van der Waals surface area contributed by atoms with Gasteiger partial charge in [-0.25, -0.2) is 0 Å². The standard InChI is InChI=1S/C14H15N3O4/c1-14(2,3)12-7-10(16-21-12)8-4-5-11(17(19)20)9(6-8)13(15)18/h4-7H,1-3H3,(H2,15,18). The predicted molar refractivity (Wildman–Crippen MR) is 75.8 cm³/mol. The summed E-state index contributed by atoms with van der Waals surface area (Å²) in [4.78, 5) is 21.6. The summed E-state index contributed by atoms with van der Waals surface area (Å²) in [6.07, 6.45) is 0. The molecule has 7 heteroatoms. The van der Waals surface area contributed by atoms with Gasteiger partial charge in [-0.15, -0.1) is 0 Å². The van der Waals surface area contributed by atoms with Gasteiger partial charge < -0.3 is 10.3 Å². The van der Waals surface area contributed by atoms with E-state index in [0.29, 0.717) is 17.0 Å². The van der Waals surface area contributed by atoms with Gasteiger partial charge >= 0.3 is 0 Å². The molecule has 1 heterocycles. The first-order valence-electron chi connectivity index (χ1n) is 6.26. The van der Waals surface area contributed by atoms with Crippen LogP contribution in [0.25, 0.3) is 11.3 Å². The molecule has 1 aromatic heterocycles. The van der Waals surface area contributed by atoms with Gasteiger partial charge in [0.15, 0.2) is 0 Å². The lowest BCUT2D eigenvalue weighted by atomic mass is 9.92. The minimum atomic E-state index is -0.858. The van der Waals surface area contributed by atoms with Crippen LogP contribution in [0, 0.1) is 10.1 Å². The van der Waals surface area contributed by atoms with E-state index in [4.69, 9.17) is 10.3 Å². The average Bonchev–Trinajstić information content (AvgIpc) is 2.87. The van der Waals surface area contributed by atoms with Crippen LogP contribution >= 0.6 is 0 Å². The van der Waals surface area contributed by atoms with E-state index in [1.165, 1.54) is 18.2 Å². The summed E-state index contributed by atoms with van der Waals surface area (Å²) < 4.78 is 5.26. The molecule has 0 spiro atoms. The fraction of sp³-hybridized carbons (Fsp3) is 0.286. The van der Waals surface area contributed by atoms with E-state index >= 15 is 0 Å². The summed E-state index contributed by atoms with van der Waals surface area (Å²) in [5.74, 6) is -0.181. The predicted octanol–water partition coefficient (Wildman–Crippen LogP) is 2.65. The lowest BCUT2D eigenvalue weighted by molar-refractivity contribution is -0.385. The molecule has 1 amide bonds. The number of nitrogens with two attached hydrogens (primary N) is 1.